The Hall–Kier alpha value is -3.43. The molecular weight excluding hydrogens is 332 g/mol. The van der Waals surface area contributed by atoms with Gasteiger partial charge in [0, 0.05) is 33.8 Å². The maximum absolute atomic E-state index is 4.72. The number of nitrogens with zero attached hydrogens (tertiary/aromatic N) is 9. The van der Waals surface area contributed by atoms with Crippen LogP contribution in [0.2, 0.25) is 0 Å². The van der Waals surface area contributed by atoms with Crippen molar-refractivity contribution in [2.45, 2.75) is 5.79 Å². The summed E-state index contributed by atoms with van der Waals surface area (Å²) in [6.07, 6.45) is 2.73. The first kappa shape index (κ1) is 17.4. The van der Waals surface area contributed by atoms with Crippen LogP contribution in [-0.2, 0) is 5.79 Å². The molecule has 1 aromatic heterocycles. The number of benzene rings is 1. The van der Waals surface area contributed by atoms with E-state index in [1.165, 1.54) is 12.7 Å². The molecule has 1 N–H and O–H groups in total. The Labute approximate surface area is 151 Å². The molecule has 0 unspecified atom stereocenters. The molecule has 0 fully saturated rings. The van der Waals surface area contributed by atoms with Crippen LogP contribution in [0.5, 0.6) is 0 Å². The highest BCUT2D eigenvalue weighted by molar-refractivity contribution is 6.00. The third-order valence-corrected chi connectivity index (χ3v) is 3.51. The van der Waals surface area contributed by atoms with Crippen molar-refractivity contribution < 1.29 is 0 Å². The van der Waals surface area contributed by atoms with Gasteiger partial charge in [-0.1, -0.05) is 30.3 Å². The zero-order valence-corrected chi connectivity index (χ0v) is 15.1. The number of hydrogen-bond acceptors (Lipinski definition) is 10. The molecule has 0 radical (unpaired) electrons. The summed E-state index contributed by atoms with van der Waals surface area (Å²) in [7, 11) is 7.57. The standard InChI is InChI=1S/C16H20N10/c1-25(2)14-20-15(26(3)4)22-16(21-14,12-8-6-5-7-9-12)24-23-13-18-10-17-11-19-13/h5-11H,1-4H3,(H,20,21,22). The van der Waals surface area contributed by atoms with Gasteiger partial charge in [-0.25, -0.2) is 4.98 Å². The monoisotopic (exact) mass is 352 g/mol. The van der Waals surface area contributed by atoms with Gasteiger partial charge in [-0.15, -0.1) is 10.2 Å². The lowest BCUT2D eigenvalue weighted by atomic mass is 10.1. The molecule has 2 heterocycles. The van der Waals surface area contributed by atoms with Gasteiger partial charge in [0.1, 0.15) is 12.7 Å². The van der Waals surface area contributed by atoms with E-state index in [0.717, 1.165) is 5.56 Å². The zero-order valence-electron chi connectivity index (χ0n) is 15.1. The summed E-state index contributed by atoms with van der Waals surface area (Å²) in [4.78, 5) is 24.9. The van der Waals surface area contributed by atoms with Gasteiger partial charge in [0.2, 0.25) is 11.9 Å². The molecule has 0 bridgehead atoms. The molecule has 0 atom stereocenters. The van der Waals surface area contributed by atoms with Crippen molar-refractivity contribution in [2.75, 3.05) is 28.2 Å². The Balaban J connectivity index is 2.16. The summed E-state index contributed by atoms with van der Waals surface area (Å²) in [6.45, 7) is 0. The normalized spacial score (nSPS) is 15.8. The summed E-state index contributed by atoms with van der Waals surface area (Å²) in [5, 5.41) is 11.8. The van der Waals surface area contributed by atoms with Crippen molar-refractivity contribution in [2.24, 2.45) is 20.2 Å². The molecule has 1 aliphatic heterocycles. The largest absolute Gasteiger partial charge is 0.349 e. The van der Waals surface area contributed by atoms with Crippen molar-refractivity contribution in [3.63, 3.8) is 0 Å². The van der Waals surface area contributed by atoms with Crippen LogP contribution in [0.3, 0.4) is 0 Å². The Morgan fingerprint density at radius 3 is 2.00 bits per heavy atom. The SMILES string of the molecule is CN(C)C1=NC(N=Nc2ncncn2)(c2ccccc2)N=C(N(C)C)N1. The van der Waals surface area contributed by atoms with Gasteiger partial charge in [-0.2, -0.15) is 20.0 Å². The van der Waals surface area contributed by atoms with Crippen LogP contribution in [0.15, 0.2) is 63.2 Å². The molecule has 10 heteroatoms. The molecular formula is C16H20N10. The average molecular weight is 352 g/mol. The van der Waals surface area contributed by atoms with E-state index in [9.17, 15) is 0 Å². The molecule has 3 rings (SSSR count). The highest BCUT2D eigenvalue weighted by Crippen LogP contribution is 2.33. The summed E-state index contributed by atoms with van der Waals surface area (Å²) in [5.74, 6) is 0.138. The maximum atomic E-state index is 4.72. The Bertz CT molecular complexity index is 803. The number of rotatable bonds is 3. The summed E-state index contributed by atoms with van der Waals surface area (Å²) < 4.78 is 0. The van der Waals surface area contributed by atoms with Crippen molar-refractivity contribution in [1.29, 1.82) is 0 Å². The number of hydrogen-bond donors (Lipinski definition) is 1. The molecule has 2 aromatic rings. The molecule has 134 valence electrons. The van der Waals surface area contributed by atoms with Crippen LogP contribution in [0.25, 0.3) is 0 Å². The van der Waals surface area contributed by atoms with E-state index in [1.807, 2.05) is 68.3 Å². The fraction of sp³-hybridized carbons (Fsp3) is 0.312. The number of aromatic nitrogens is 3. The van der Waals surface area contributed by atoms with Gasteiger partial charge < -0.3 is 9.80 Å². The predicted octanol–water partition coefficient (Wildman–Crippen LogP) is 1.20. The van der Waals surface area contributed by atoms with Gasteiger partial charge >= 0.3 is 0 Å². The van der Waals surface area contributed by atoms with Gasteiger partial charge in [-0.05, 0) is 0 Å². The van der Waals surface area contributed by atoms with E-state index in [-0.39, 0.29) is 5.95 Å². The molecule has 0 saturated carbocycles. The molecule has 1 aromatic carbocycles. The van der Waals surface area contributed by atoms with Crippen molar-refractivity contribution in [3.05, 3.63) is 48.5 Å². The number of guanidine groups is 2. The van der Waals surface area contributed by atoms with Crippen molar-refractivity contribution in [1.82, 2.24) is 30.1 Å². The second-order valence-corrected chi connectivity index (χ2v) is 5.92. The molecule has 10 nitrogen and oxygen atoms in total. The van der Waals surface area contributed by atoms with E-state index in [2.05, 4.69) is 30.5 Å². The van der Waals surface area contributed by atoms with E-state index in [4.69, 9.17) is 9.98 Å². The minimum absolute atomic E-state index is 0.192. The summed E-state index contributed by atoms with van der Waals surface area (Å²) in [6, 6.07) is 9.56. The Kier molecular flexibility index (Phi) is 4.83. The lowest BCUT2D eigenvalue weighted by Gasteiger charge is -2.32. The number of nitrogens with one attached hydrogen (secondary N) is 1. The minimum Gasteiger partial charge on any atom is -0.349 e. The smallest absolute Gasteiger partial charge is 0.297 e. The van der Waals surface area contributed by atoms with Gasteiger partial charge in [0.25, 0.3) is 11.7 Å². The highest BCUT2D eigenvalue weighted by atomic mass is 15.5. The quantitative estimate of drug-likeness (QED) is 0.832. The number of aliphatic imine (C=N–C) groups is 2. The van der Waals surface area contributed by atoms with Crippen molar-refractivity contribution in [3.8, 4) is 0 Å². The van der Waals surface area contributed by atoms with Crippen molar-refractivity contribution >= 4 is 17.9 Å². The van der Waals surface area contributed by atoms with Crippen LogP contribution < -0.4 is 5.32 Å². The molecule has 0 amide bonds. The second kappa shape index (κ2) is 7.21. The molecule has 0 saturated heterocycles. The first-order valence-electron chi connectivity index (χ1n) is 7.92. The van der Waals surface area contributed by atoms with Gasteiger partial charge in [-0.3, -0.25) is 5.32 Å². The summed E-state index contributed by atoms with van der Waals surface area (Å²) in [5.41, 5.74) is 0.776. The number of azo groups is 1. The molecule has 0 spiro atoms. The average Bonchev–Trinajstić information content (AvgIpc) is 2.67. The van der Waals surface area contributed by atoms with Crippen LogP contribution in [-0.4, -0.2) is 64.9 Å². The predicted molar refractivity (Wildman–Crippen MR) is 97.8 cm³/mol. The lowest BCUT2D eigenvalue weighted by Crippen LogP contribution is -2.51. The maximum Gasteiger partial charge on any atom is 0.297 e. The highest BCUT2D eigenvalue weighted by Gasteiger charge is 2.37. The first-order chi connectivity index (χ1) is 12.5. The summed E-state index contributed by atoms with van der Waals surface area (Å²) >= 11 is 0. The fourth-order valence-electron chi connectivity index (χ4n) is 2.19. The Morgan fingerprint density at radius 2 is 1.46 bits per heavy atom. The van der Waals surface area contributed by atoms with E-state index in [0.29, 0.717) is 11.9 Å². The van der Waals surface area contributed by atoms with Gasteiger partial charge in [0.15, 0.2) is 0 Å². The third kappa shape index (κ3) is 3.63. The van der Waals surface area contributed by atoms with Crippen LogP contribution >= 0.6 is 0 Å². The lowest BCUT2D eigenvalue weighted by molar-refractivity contribution is 0.425. The van der Waals surface area contributed by atoms with E-state index >= 15 is 0 Å². The van der Waals surface area contributed by atoms with Gasteiger partial charge in [0.05, 0.1) is 0 Å². The topological polar surface area (TPSA) is 107 Å². The molecule has 0 aliphatic carbocycles. The first-order valence-corrected chi connectivity index (χ1v) is 7.92. The molecule has 26 heavy (non-hydrogen) atoms. The van der Waals surface area contributed by atoms with Crippen LogP contribution in [0.1, 0.15) is 5.56 Å². The zero-order chi connectivity index (χ0) is 18.6. The second-order valence-electron chi connectivity index (χ2n) is 5.92. The third-order valence-electron chi connectivity index (χ3n) is 3.51. The van der Waals surface area contributed by atoms with Crippen LogP contribution in [0, 0.1) is 0 Å². The van der Waals surface area contributed by atoms with E-state index < -0.39 is 5.79 Å². The molecule has 1 aliphatic rings. The minimum atomic E-state index is -1.28. The van der Waals surface area contributed by atoms with E-state index in [1.54, 1.807) is 0 Å². The Morgan fingerprint density at radius 1 is 0.885 bits per heavy atom. The fourth-order valence-corrected chi connectivity index (χ4v) is 2.19. The van der Waals surface area contributed by atoms with Crippen LogP contribution in [0.4, 0.5) is 5.95 Å².